The number of carbonyl (C=O) groups excluding carboxylic acids is 2. The van der Waals surface area contributed by atoms with Gasteiger partial charge >= 0.3 is 12.1 Å². The van der Waals surface area contributed by atoms with Crippen molar-refractivity contribution in [2.75, 3.05) is 6.61 Å². The first-order chi connectivity index (χ1) is 16.4. The van der Waals surface area contributed by atoms with Gasteiger partial charge in [0.15, 0.2) is 0 Å². The Morgan fingerprint density at radius 1 is 1.03 bits per heavy atom. The lowest BCUT2D eigenvalue weighted by Crippen LogP contribution is -2.53. The number of carbonyl (C=O) groups is 3. The van der Waals surface area contributed by atoms with Crippen molar-refractivity contribution < 1.29 is 24.2 Å². The fourth-order valence-electron chi connectivity index (χ4n) is 6.04. The number of nitrogens with zero attached hydrogens (tertiary/aromatic N) is 1. The highest BCUT2D eigenvalue weighted by Crippen LogP contribution is 2.45. The van der Waals surface area contributed by atoms with Gasteiger partial charge in [-0.3, -0.25) is 9.59 Å². The molecule has 4 atom stereocenters. The number of fused-ring (bicyclic) bond motifs is 5. The van der Waals surface area contributed by atoms with Gasteiger partial charge in [-0.2, -0.15) is 0 Å². The minimum atomic E-state index is -0.851. The van der Waals surface area contributed by atoms with Crippen molar-refractivity contribution in [3.63, 3.8) is 0 Å². The first-order valence-corrected chi connectivity index (χ1v) is 12.0. The molecule has 0 saturated carbocycles. The van der Waals surface area contributed by atoms with Crippen LogP contribution in [0.25, 0.3) is 11.1 Å². The van der Waals surface area contributed by atoms with E-state index in [2.05, 4.69) is 29.6 Å². The molecular formula is C27H30N2O5. The number of hydrogen-bond acceptors (Lipinski definition) is 4. The minimum Gasteiger partial charge on any atom is -0.481 e. The van der Waals surface area contributed by atoms with Gasteiger partial charge in [-0.25, -0.2) is 4.79 Å². The summed E-state index contributed by atoms with van der Waals surface area (Å²) in [4.78, 5) is 39.5. The normalized spacial score (nSPS) is 23.5. The molecule has 2 fully saturated rings. The predicted octanol–water partition coefficient (Wildman–Crippen LogP) is 4.01. The zero-order chi connectivity index (χ0) is 24.0. The van der Waals surface area contributed by atoms with Gasteiger partial charge in [0.2, 0.25) is 5.91 Å². The SMILES string of the molecule is CC(C)C(NC(=O)OCC1c2ccccc2-c2ccccc21)C(=O)N1[C@@H]2CC[C@H]1[C@@H](C(=O)O)C2. The number of alkyl carbamates (subject to hydrolysis) is 1. The summed E-state index contributed by atoms with van der Waals surface area (Å²) in [7, 11) is 0. The molecule has 2 bridgehead atoms. The highest BCUT2D eigenvalue weighted by atomic mass is 16.5. The molecule has 7 heteroatoms. The molecule has 2 N–H and O–H groups in total. The summed E-state index contributed by atoms with van der Waals surface area (Å²) in [5.41, 5.74) is 4.56. The van der Waals surface area contributed by atoms with Crippen LogP contribution in [-0.2, 0) is 14.3 Å². The second-order valence-corrected chi connectivity index (χ2v) is 9.92. The number of ether oxygens (including phenoxy) is 1. The number of nitrogens with one attached hydrogen (secondary N) is 1. The number of carboxylic acid groups (broad SMARTS) is 1. The summed E-state index contributed by atoms with van der Waals surface area (Å²) in [6.45, 7) is 3.92. The summed E-state index contributed by atoms with van der Waals surface area (Å²) in [5.74, 6) is -1.80. The van der Waals surface area contributed by atoms with Crippen LogP contribution in [0.3, 0.4) is 0 Å². The van der Waals surface area contributed by atoms with Gasteiger partial charge in [-0.1, -0.05) is 62.4 Å². The van der Waals surface area contributed by atoms with E-state index in [-0.39, 0.29) is 36.4 Å². The third-order valence-corrected chi connectivity index (χ3v) is 7.66. The Bertz CT molecular complexity index is 1080. The van der Waals surface area contributed by atoms with Crippen molar-refractivity contribution in [1.29, 1.82) is 0 Å². The minimum absolute atomic E-state index is 0.0582. The standard InChI is InChI=1S/C27H30N2O5/c1-15(2)24(25(30)29-16-11-12-23(29)21(13-16)26(31)32)28-27(33)34-14-22-19-9-5-3-7-17(19)18-8-4-6-10-20(18)22/h3-10,15-16,21-24H,11-14H2,1-2H3,(H,28,33)(H,31,32)/t16-,21+,23+,24?/m1/s1. The Morgan fingerprint density at radius 2 is 1.65 bits per heavy atom. The summed E-state index contributed by atoms with van der Waals surface area (Å²) in [6, 6.07) is 15.1. The second-order valence-electron chi connectivity index (χ2n) is 9.92. The lowest BCUT2D eigenvalue weighted by molar-refractivity contribution is -0.143. The van der Waals surface area contributed by atoms with Crippen molar-refractivity contribution >= 4 is 18.0 Å². The van der Waals surface area contributed by atoms with Crippen LogP contribution in [-0.4, -0.2) is 52.7 Å². The van der Waals surface area contributed by atoms with Crippen LogP contribution in [0.4, 0.5) is 4.79 Å². The molecule has 1 aliphatic carbocycles. The number of carboxylic acids is 1. The fraction of sp³-hybridized carbons (Fsp3) is 0.444. The third-order valence-electron chi connectivity index (χ3n) is 7.66. The van der Waals surface area contributed by atoms with E-state index in [4.69, 9.17) is 4.74 Å². The Labute approximate surface area is 199 Å². The van der Waals surface area contributed by atoms with E-state index in [0.29, 0.717) is 12.8 Å². The maximum Gasteiger partial charge on any atom is 0.407 e. The van der Waals surface area contributed by atoms with Crippen LogP contribution in [0.1, 0.15) is 50.2 Å². The van der Waals surface area contributed by atoms with Gasteiger partial charge in [0, 0.05) is 18.0 Å². The van der Waals surface area contributed by atoms with Crippen LogP contribution in [0.5, 0.6) is 0 Å². The number of hydrogen-bond donors (Lipinski definition) is 2. The molecule has 7 nitrogen and oxygen atoms in total. The molecule has 0 radical (unpaired) electrons. The maximum absolute atomic E-state index is 13.4. The average molecular weight is 463 g/mol. The molecule has 178 valence electrons. The van der Waals surface area contributed by atoms with E-state index >= 15 is 0 Å². The molecule has 34 heavy (non-hydrogen) atoms. The number of aliphatic carboxylic acids is 1. The van der Waals surface area contributed by atoms with E-state index < -0.39 is 24.0 Å². The molecule has 2 heterocycles. The van der Waals surface area contributed by atoms with Crippen LogP contribution in [0.2, 0.25) is 0 Å². The van der Waals surface area contributed by atoms with Crippen LogP contribution in [0.15, 0.2) is 48.5 Å². The number of benzene rings is 2. The van der Waals surface area contributed by atoms with Gasteiger partial charge < -0.3 is 20.1 Å². The molecule has 3 aliphatic rings. The fourth-order valence-corrected chi connectivity index (χ4v) is 6.04. The lowest BCUT2D eigenvalue weighted by Gasteiger charge is -2.30. The van der Waals surface area contributed by atoms with E-state index in [0.717, 1.165) is 28.7 Å². The van der Waals surface area contributed by atoms with Gasteiger partial charge in [0.1, 0.15) is 12.6 Å². The maximum atomic E-state index is 13.4. The van der Waals surface area contributed by atoms with Crippen molar-refractivity contribution in [2.45, 2.75) is 57.2 Å². The van der Waals surface area contributed by atoms with Crippen molar-refractivity contribution in [2.24, 2.45) is 11.8 Å². The van der Waals surface area contributed by atoms with Crippen LogP contribution >= 0.6 is 0 Å². The van der Waals surface area contributed by atoms with Crippen LogP contribution < -0.4 is 5.32 Å². The van der Waals surface area contributed by atoms with Crippen molar-refractivity contribution in [3.05, 3.63) is 59.7 Å². The van der Waals surface area contributed by atoms with E-state index in [1.54, 1.807) is 4.90 Å². The second kappa shape index (κ2) is 8.78. The first-order valence-electron chi connectivity index (χ1n) is 12.0. The molecule has 2 aliphatic heterocycles. The zero-order valence-electron chi connectivity index (χ0n) is 19.4. The highest BCUT2D eigenvalue weighted by molar-refractivity contribution is 5.88. The van der Waals surface area contributed by atoms with Crippen molar-refractivity contribution in [1.82, 2.24) is 10.2 Å². The molecule has 2 aromatic carbocycles. The van der Waals surface area contributed by atoms with Gasteiger partial charge in [-0.05, 0) is 47.4 Å². The smallest absolute Gasteiger partial charge is 0.407 e. The highest BCUT2D eigenvalue weighted by Gasteiger charge is 2.52. The monoisotopic (exact) mass is 462 g/mol. The molecule has 0 spiro atoms. The van der Waals surface area contributed by atoms with E-state index in [9.17, 15) is 19.5 Å². The molecule has 1 unspecified atom stereocenters. The zero-order valence-corrected chi connectivity index (χ0v) is 19.4. The topological polar surface area (TPSA) is 95.9 Å². The van der Waals surface area contributed by atoms with Gasteiger partial charge in [0.05, 0.1) is 5.92 Å². The first kappa shape index (κ1) is 22.4. The van der Waals surface area contributed by atoms with E-state index in [1.807, 2.05) is 38.1 Å². The van der Waals surface area contributed by atoms with Gasteiger partial charge in [0.25, 0.3) is 0 Å². The Hall–Kier alpha value is -3.35. The third kappa shape index (κ3) is 3.73. The summed E-state index contributed by atoms with van der Waals surface area (Å²) >= 11 is 0. The molecule has 0 aromatic heterocycles. The summed E-state index contributed by atoms with van der Waals surface area (Å²) < 4.78 is 5.65. The predicted molar refractivity (Wildman–Crippen MR) is 126 cm³/mol. The Morgan fingerprint density at radius 3 is 2.21 bits per heavy atom. The van der Waals surface area contributed by atoms with E-state index in [1.165, 1.54) is 0 Å². The molecule has 5 rings (SSSR count). The molecule has 2 aromatic rings. The van der Waals surface area contributed by atoms with Crippen LogP contribution in [0, 0.1) is 11.8 Å². The molecular weight excluding hydrogens is 432 g/mol. The quantitative estimate of drug-likeness (QED) is 0.676. The van der Waals surface area contributed by atoms with Gasteiger partial charge in [-0.15, -0.1) is 0 Å². The lowest BCUT2D eigenvalue weighted by atomic mass is 9.89. The number of amides is 2. The molecule has 2 saturated heterocycles. The summed E-state index contributed by atoms with van der Waals surface area (Å²) in [6.07, 6.45) is 1.37. The van der Waals surface area contributed by atoms with Crippen molar-refractivity contribution in [3.8, 4) is 11.1 Å². The Kier molecular flexibility index (Phi) is 5.80. The summed E-state index contributed by atoms with van der Waals surface area (Å²) in [5, 5.41) is 12.3. The number of rotatable bonds is 6. The Balaban J connectivity index is 1.27. The molecule has 2 amide bonds. The average Bonchev–Trinajstić information content (AvgIpc) is 3.50. The largest absolute Gasteiger partial charge is 0.481 e.